The van der Waals surface area contributed by atoms with Crippen LogP contribution in [0.1, 0.15) is 12.1 Å². The van der Waals surface area contributed by atoms with Crippen LogP contribution in [0.15, 0.2) is 30.3 Å². The van der Waals surface area contributed by atoms with E-state index in [9.17, 15) is 0 Å². The number of aromatic nitrogens is 3. The van der Waals surface area contributed by atoms with Gasteiger partial charge in [0.15, 0.2) is 5.69 Å². The van der Waals surface area contributed by atoms with Crippen LogP contribution < -0.4 is 0 Å². The highest BCUT2D eigenvalue weighted by molar-refractivity contribution is 5.64. The second-order valence-electron chi connectivity index (χ2n) is 3.56. The topological polar surface area (TPSA) is 74.7 Å². The Labute approximate surface area is 98.9 Å². The lowest BCUT2D eigenvalue weighted by Crippen LogP contribution is -2.04. The molecule has 0 aliphatic heterocycles. The minimum atomic E-state index is 0.0932. The number of aliphatic hydroxyl groups is 1. The summed E-state index contributed by atoms with van der Waals surface area (Å²) in [5.74, 6) is 0. The third-order valence-corrected chi connectivity index (χ3v) is 2.42. The van der Waals surface area contributed by atoms with Gasteiger partial charge in [-0.1, -0.05) is 35.5 Å². The Bertz CT molecular complexity index is 527. The largest absolute Gasteiger partial charge is 0.396 e. The van der Waals surface area contributed by atoms with E-state index in [0.717, 1.165) is 5.56 Å². The van der Waals surface area contributed by atoms with Crippen molar-refractivity contribution in [1.29, 1.82) is 5.26 Å². The molecule has 5 heteroatoms. The van der Waals surface area contributed by atoms with E-state index in [-0.39, 0.29) is 6.61 Å². The van der Waals surface area contributed by atoms with Crippen molar-refractivity contribution in [3.05, 3.63) is 36.0 Å². The van der Waals surface area contributed by atoms with Crippen molar-refractivity contribution in [2.45, 2.75) is 13.0 Å². The van der Waals surface area contributed by atoms with Crippen molar-refractivity contribution in [1.82, 2.24) is 15.0 Å². The fourth-order valence-corrected chi connectivity index (χ4v) is 1.65. The molecule has 0 fully saturated rings. The van der Waals surface area contributed by atoms with Gasteiger partial charge in [0.05, 0.1) is 0 Å². The predicted octanol–water partition coefficient (Wildman–Crippen LogP) is 1.20. The van der Waals surface area contributed by atoms with Crippen molar-refractivity contribution in [3.63, 3.8) is 0 Å². The maximum Gasteiger partial charge on any atom is 0.190 e. The highest BCUT2D eigenvalue weighted by Gasteiger charge is 2.13. The average molecular weight is 228 g/mol. The lowest BCUT2D eigenvalue weighted by Gasteiger charge is -2.05. The molecule has 2 rings (SSSR count). The van der Waals surface area contributed by atoms with E-state index in [1.807, 2.05) is 36.4 Å². The van der Waals surface area contributed by atoms with Gasteiger partial charge in [-0.2, -0.15) is 5.26 Å². The third-order valence-electron chi connectivity index (χ3n) is 2.42. The first-order chi connectivity index (χ1) is 8.36. The van der Waals surface area contributed by atoms with E-state index in [1.54, 1.807) is 4.68 Å². The van der Waals surface area contributed by atoms with Gasteiger partial charge in [-0.15, -0.1) is 5.10 Å². The van der Waals surface area contributed by atoms with Crippen LogP contribution in [-0.2, 0) is 6.54 Å². The van der Waals surface area contributed by atoms with Gasteiger partial charge in [-0.25, -0.2) is 4.68 Å². The van der Waals surface area contributed by atoms with Gasteiger partial charge in [0.1, 0.15) is 11.8 Å². The van der Waals surface area contributed by atoms with Crippen LogP contribution >= 0.6 is 0 Å². The molecule has 86 valence electrons. The van der Waals surface area contributed by atoms with Crippen molar-refractivity contribution in [2.75, 3.05) is 6.61 Å². The summed E-state index contributed by atoms with van der Waals surface area (Å²) in [5, 5.41) is 25.6. The zero-order valence-corrected chi connectivity index (χ0v) is 9.24. The molecule has 0 aliphatic rings. The van der Waals surface area contributed by atoms with Crippen LogP contribution in [0.5, 0.6) is 0 Å². The van der Waals surface area contributed by atoms with Crippen molar-refractivity contribution < 1.29 is 5.11 Å². The molecule has 0 amide bonds. The molecule has 17 heavy (non-hydrogen) atoms. The number of aliphatic hydroxyl groups excluding tert-OH is 1. The summed E-state index contributed by atoms with van der Waals surface area (Å²) in [6, 6.07) is 11.6. The summed E-state index contributed by atoms with van der Waals surface area (Å²) in [4.78, 5) is 0. The second-order valence-corrected chi connectivity index (χ2v) is 3.56. The van der Waals surface area contributed by atoms with E-state index in [0.29, 0.717) is 24.4 Å². The van der Waals surface area contributed by atoms with E-state index in [1.165, 1.54) is 0 Å². The fraction of sp³-hybridized carbons (Fsp3) is 0.250. The molecule has 0 atom stereocenters. The molecule has 0 unspecified atom stereocenters. The first kappa shape index (κ1) is 11.3. The molecule has 2 aromatic rings. The first-order valence-corrected chi connectivity index (χ1v) is 5.36. The average Bonchev–Trinajstić information content (AvgIpc) is 2.80. The molecule has 0 saturated carbocycles. The summed E-state index contributed by atoms with van der Waals surface area (Å²) >= 11 is 0. The molecule has 1 aromatic carbocycles. The van der Waals surface area contributed by atoms with Crippen LogP contribution in [0.2, 0.25) is 0 Å². The number of nitrogens with zero attached hydrogens (tertiary/aromatic N) is 4. The highest BCUT2D eigenvalue weighted by atomic mass is 16.3. The minimum absolute atomic E-state index is 0.0932. The molecule has 0 aliphatic carbocycles. The second kappa shape index (κ2) is 5.23. The molecule has 0 saturated heterocycles. The normalized spacial score (nSPS) is 10.1. The van der Waals surface area contributed by atoms with Gasteiger partial charge in [0.2, 0.25) is 0 Å². The zero-order chi connectivity index (χ0) is 12.1. The Kier molecular flexibility index (Phi) is 3.48. The quantitative estimate of drug-likeness (QED) is 0.853. The van der Waals surface area contributed by atoms with Crippen LogP contribution in [-0.4, -0.2) is 26.7 Å². The molecular weight excluding hydrogens is 216 g/mol. The summed E-state index contributed by atoms with van der Waals surface area (Å²) in [7, 11) is 0. The van der Waals surface area contributed by atoms with Crippen molar-refractivity contribution >= 4 is 0 Å². The van der Waals surface area contributed by atoms with Gasteiger partial charge >= 0.3 is 0 Å². The lowest BCUT2D eigenvalue weighted by molar-refractivity contribution is 0.276. The Hall–Kier alpha value is -2.19. The Balaban J connectivity index is 2.43. The Morgan fingerprint density at radius 2 is 2.06 bits per heavy atom. The smallest absolute Gasteiger partial charge is 0.190 e. The minimum Gasteiger partial charge on any atom is -0.396 e. The summed E-state index contributed by atoms with van der Waals surface area (Å²) < 4.78 is 1.66. The molecule has 0 bridgehead atoms. The first-order valence-electron chi connectivity index (χ1n) is 5.36. The highest BCUT2D eigenvalue weighted by Crippen LogP contribution is 2.21. The van der Waals surface area contributed by atoms with Crippen LogP contribution in [0.4, 0.5) is 0 Å². The fourth-order valence-electron chi connectivity index (χ4n) is 1.65. The zero-order valence-electron chi connectivity index (χ0n) is 9.24. The SMILES string of the molecule is N#Cc1nnn(CCCO)c1-c1ccccc1. The molecule has 0 radical (unpaired) electrons. The van der Waals surface area contributed by atoms with Crippen molar-refractivity contribution in [2.24, 2.45) is 0 Å². The number of hydrogen-bond acceptors (Lipinski definition) is 4. The lowest BCUT2D eigenvalue weighted by atomic mass is 10.1. The van der Waals surface area contributed by atoms with Crippen LogP contribution in [0, 0.1) is 11.3 Å². The molecule has 1 heterocycles. The standard InChI is InChI=1S/C12H12N4O/c13-9-11-12(10-5-2-1-3-6-10)16(15-14-11)7-4-8-17/h1-3,5-6,17H,4,7-8H2. The molecular formula is C12H12N4O. The number of benzene rings is 1. The number of nitriles is 1. The Morgan fingerprint density at radius 1 is 1.29 bits per heavy atom. The van der Waals surface area contributed by atoms with E-state index < -0.39 is 0 Å². The monoisotopic (exact) mass is 228 g/mol. The van der Waals surface area contributed by atoms with E-state index in [4.69, 9.17) is 10.4 Å². The van der Waals surface area contributed by atoms with Gasteiger partial charge in [0, 0.05) is 18.7 Å². The van der Waals surface area contributed by atoms with Gasteiger partial charge in [-0.3, -0.25) is 0 Å². The third kappa shape index (κ3) is 2.32. The van der Waals surface area contributed by atoms with Crippen molar-refractivity contribution in [3.8, 4) is 17.3 Å². The summed E-state index contributed by atoms with van der Waals surface area (Å²) in [6.07, 6.45) is 0.591. The maximum atomic E-state index is 9.00. The molecule has 1 N–H and O–H groups in total. The summed E-state index contributed by atoms with van der Waals surface area (Å²) in [5.41, 5.74) is 1.93. The van der Waals surface area contributed by atoms with Crippen LogP contribution in [0.3, 0.4) is 0 Å². The maximum absolute atomic E-state index is 9.00. The van der Waals surface area contributed by atoms with Gasteiger partial charge in [-0.05, 0) is 6.42 Å². The van der Waals surface area contributed by atoms with E-state index in [2.05, 4.69) is 10.3 Å². The van der Waals surface area contributed by atoms with Gasteiger partial charge < -0.3 is 5.11 Å². The van der Waals surface area contributed by atoms with Gasteiger partial charge in [0.25, 0.3) is 0 Å². The van der Waals surface area contributed by atoms with E-state index >= 15 is 0 Å². The number of rotatable bonds is 4. The molecule has 5 nitrogen and oxygen atoms in total. The summed E-state index contributed by atoms with van der Waals surface area (Å²) in [6.45, 7) is 0.644. The van der Waals surface area contributed by atoms with Crippen LogP contribution in [0.25, 0.3) is 11.3 Å². The molecule has 1 aromatic heterocycles. The number of aryl methyl sites for hydroxylation is 1. The predicted molar refractivity (Wildman–Crippen MR) is 61.9 cm³/mol. The number of hydrogen-bond donors (Lipinski definition) is 1. The molecule has 0 spiro atoms. The Morgan fingerprint density at radius 3 is 2.71 bits per heavy atom.